The fourth-order valence-electron chi connectivity index (χ4n) is 9.20. The molecule has 0 aromatic heterocycles. The van der Waals surface area contributed by atoms with Crippen molar-refractivity contribution in [3.05, 3.63) is 102 Å². The molecular weight excluding hydrogens is 592 g/mol. The third kappa shape index (κ3) is 3.40. The van der Waals surface area contributed by atoms with Crippen LogP contribution < -0.4 is 0 Å². The molecule has 3 saturated heterocycles. The lowest BCUT2D eigenvalue weighted by Crippen LogP contribution is -2.76. The fraction of sp³-hybridized carbons (Fsp3) is 0.444. The number of Topliss-reactive ketones (excluding diaryl/α,β-unsaturated/α-hetero) is 1. The molecule has 46 heavy (non-hydrogen) atoms. The Morgan fingerprint density at radius 3 is 2.37 bits per heavy atom. The zero-order valence-electron chi connectivity index (χ0n) is 25.7. The van der Waals surface area contributed by atoms with E-state index in [9.17, 15) is 24.9 Å². The van der Waals surface area contributed by atoms with E-state index >= 15 is 0 Å². The van der Waals surface area contributed by atoms with Crippen LogP contribution in [-0.2, 0) is 39.2 Å². The van der Waals surface area contributed by atoms with Crippen LogP contribution in [0.1, 0.15) is 31.9 Å². The number of fused-ring (bicyclic) bond motifs is 3. The molecule has 10 nitrogen and oxygen atoms in total. The molecule has 2 aromatic rings. The van der Waals surface area contributed by atoms with Gasteiger partial charge in [-0.3, -0.25) is 4.79 Å². The van der Waals surface area contributed by atoms with Crippen LogP contribution in [0, 0.1) is 17.8 Å². The van der Waals surface area contributed by atoms with Crippen molar-refractivity contribution in [1.82, 2.24) is 0 Å². The lowest BCUT2D eigenvalue weighted by molar-refractivity contribution is -0.440. The number of rotatable bonds is 6. The Morgan fingerprint density at radius 1 is 1.04 bits per heavy atom. The van der Waals surface area contributed by atoms with Gasteiger partial charge in [-0.15, -0.1) is 0 Å². The Balaban J connectivity index is 1.35. The van der Waals surface area contributed by atoms with Crippen molar-refractivity contribution in [1.29, 1.82) is 0 Å². The van der Waals surface area contributed by atoms with Crippen molar-refractivity contribution in [2.75, 3.05) is 6.61 Å². The van der Waals surface area contributed by atoms with Crippen molar-refractivity contribution in [3.8, 4) is 0 Å². The number of ether oxygens (including phenoxy) is 5. The summed E-state index contributed by atoms with van der Waals surface area (Å²) in [6.07, 6.45) is -0.138. The number of carbonyl (C=O) groups is 2. The number of hydrogen-bond acceptors (Lipinski definition) is 10. The first kappa shape index (κ1) is 29.9. The first-order valence-electron chi connectivity index (χ1n) is 15.6. The lowest BCUT2D eigenvalue weighted by atomic mass is 9.53. The second kappa shape index (κ2) is 9.54. The predicted octanol–water partition coefficient (Wildman–Crippen LogP) is 2.57. The number of hydrogen-bond donors (Lipinski definition) is 3. The van der Waals surface area contributed by atoms with E-state index in [2.05, 4.69) is 6.58 Å². The van der Waals surface area contributed by atoms with Crippen LogP contribution in [0.25, 0.3) is 6.08 Å². The smallest absolute Gasteiger partial charge is 0.331 e. The van der Waals surface area contributed by atoms with Crippen molar-refractivity contribution < 1.29 is 48.6 Å². The standard InChI is InChI=1S/C36H36O10/c1-19(2)34-28(42-25(38)16-15-22-11-7-5-8-12-22)21(4)35-24-17-20(3)27(39)33(24,41)31(40)32(18-37)29(43-32)26(35)30(34)44-36(45-34,46-35)23-13-9-6-10-14-23/h5-17,21,24,26,28-31,37,40-41H,1,18H2,2-4H3/b16-15+. The van der Waals surface area contributed by atoms with Crippen LogP contribution in [0.15, 0.2) is 90.5 Å². The van der Waals surface area contributed by atoms with Crippen molar-refractivity contribution in [3.63, 3.8) is 0 Å². The maximum Gasteiger partial charge on any atom is 0.331 e. The maximum absolute atomic E-state index is 13.8. The zero-order valence-corrected chi connectivity index (χ0v) is 25.7. The summed E-state index contributed by atoms with van der Waals surface area (Å²) in [6, 6.07) is 18.3. The van der Waals surface area contributed by atoms with Gasteiger partial charge in [0.15, 0.2) is 17.0 Å². The van der Waals surface area contributed by atoms with Crippen molar-refractivity contribution in [2.24, 2.45) is 17.8 Å². The molecule has 12 unspecified atom stereocenters. The molecule has 2 aromatic carbocycles. The number of aliphatic hydroxyl groups excluding tert-OH is 2. The fourth-order valence-corrected chi connectivity index (χ4v) is 9.20. The third-order valence-electron chi connectivity index (χ3n) is 11.3. The van der Waals surface area contributed by atoms with Crippen LogP contribution in [0.4, 0.5) is 0 Å². The van der Waals surface area contributed by atoms with Gasteiger partial charge in [0.25, 0.3) is 0 Å². The van der Waals surface area contributed by atoms with E-state index in [0.29, 0.717) is 11.1 Å². The highest BCUT2D eigenvalue weighted by molar-refractivity contribution is 6.05. The van der Waals surface area contributed by atoms with Gasteiger partial charge in [-0.25, -0.2) is 4.79 Å². The summed E-state index contributed by atoms with van der Waals surface area (Å²) < 4.78 is 33.3. The predicted molar refractivity (Wildman–Crippen MR) is 161 cm³/mol. The molecule has 8 rings (SSSR count). The third-order valence-corrected chi connectivity index (χ3v) is 11.3. The maximum atomic E-state index is 13.8. The Kier molecular flexibility index (Phi) is 6.20. The minimum absolute atomic E-state index is 0.229. The number of benzene rings is 2. The molecule has 3 N–H and O–H groups in total. The van der Waals surface area contributed by atoms with E-state index in [-0.39, 0.29) is 5.57 Å². The molecule has 5 fully saturated rings. The Hall–Kier alpha value is -3.48. The molecule has 3 aliphatic heterocycles. The molecule has 0 radical (unpaired) electrons. The van der Waals surface area contributed by atoms with Crippen LogP contribution in [0.3, 0.4) is 0 Å². The molecule has 10 heteroatoms. The first-order valence-corrected chi connectivity index (χ1v) is 15.6. The van der Waals surface area contributed by atoms with E-state index in [0.717, 1.165) is 5.56 Å². The highest BCUT2D eigenvalue weighted by atomic mass is 16.9. The topological polar surface area (TPSA) is 144 Å². The Bertz CT molecular complexity index is 1710. The van der Waals surface area contributed by atoms with E-state index < -0.39 is 88.9 Å². The van der Waals surface area contributed by atoms with E-state index in [4.69, 9.17) is 23.7 Å². The van der Waals surface area contributed by atoms with Crippen LogP contribution in [0.5, 0.6) is 0 Å². The zero-order chi connectivity index (χ0) is 32.4. The minimum Gasteiger partial charge on any atom is -0.455 e. The number of carbonyl (C=O) groups excluding carboxylic acids is 2. The molecule has 3 heterocycles. The highest BCUT2D eigenvalue weighted by Crippen LogP contribution is 2.74. The summed E-state index contributed by atoms with van der Waals surface area (Å²) in [6.45, 7) is 8.80. The van der Waals surface area contributed by atoms with Gasteiger partial charge in [0.1, 0.15) is 30.0 Å². The number of esters is 1. The van der Waals surface area contributed by atoms with E-state index in [1.807, 2.05) is 43.3 Å². The molecule has 0 spiro atoms. The number of aliphatic hydroxyl groups is 3. The van der Waals surface area contributed by atoms with E-state index in [1.54, 1.807) is 50.3 Å². The summed E-state index contributed by atoms with van der Waals surface area (Å²) in [5, 5.41) is 34.9. The molecule has 12 atom stereocenters. The highest BCUT2D eigenvalue weighted by Gasteiger charge is 2.90. The molecule has 3 aliphatic carbocycles. The van der Waals surface area contributed by atoms with Crippen LogP contribution in [0.2, 0.25) is 0 Å². The monoisotopic (exact) mass is 628 g/mol. The largest absolute Gasteiger partial charge is 0.455 e. The molecule has 240 valence electrons. The van der Waals surface area contributed by atoms with Gasteiger partial charge in [0.2, 0.25) is 0 Å². The summed E-state index contributed by atoms with van der Waals surface area (Å²) in [5.74, 6) is -5.94. The van der Waals surface area contributed by atoms with Crippen molar-refractivity contribution >= 4 is 17.8 Å². The quantitative estimate of drug-likeness (QED) is 0.189. The number of epoxide rings is 1. The average molecular weight is 629 g/mol. The normalized spacial score (nSPS) is 46.3. The van der Waals surface area contributed by atoms with Gasteiger partial charge >= 0.3 is 11.9 Å². The SMILES string of the molecule is C=C(C)C12OC3(c4ccccc4)OC1C1C4OC4(CO)C(O)C4(O)C(=O)C(C)=CC4C1(O3)C(C)C2OC(=O)/C=C/c1ccccc1. The van der Waals surface area contributed by atoms with Crippen LogP contribution >= 0.6 is 0 Å². The van der Waals surface area contributed by atoms with Gasteiger partial charge < -0.3 is 39.0 Å². The molecular formula is C36H36O10. The second-order valence-electron chi connectivity index (χ2n) is 13.5. The lowest BCUT2D eigenvalue weighted by Gasteiger charge is -2.61. The van der Waals surface area contributed by atoms with Gasteiger partial charge in [0, 0.05) is 29.4 Å². The average Bonchev–Trinajstić information content (AvgIpc) is 3.68. The molecule has 0 amide bonds. The van der Waals surface area contributed by atoms with Gasteiger partial charge in [-0.05, 0) is 36.6 Å². The summed E-state index contributed by atoms with van der Waals surface area (Å²) in [7, 11) is 0. The van der Waals surface area contributed by atoms with Crippen LogP contribution in [-0.4, -0.2) is 80.5 Å². The summed E-state index contributed by atoms with van der Waals surface area (Å²) in [5.41, 5.74) is -5.12. The van der Waals surface area contributed by atoms with Gasteiger partial charge in [0.05, 0.1) is 12.2 Å². The second-order valence-corrected chi connectivity index (χ2v) is 13.5. The summed E-state index contributed by atoms with van der Waals surface area (Å²) in [4.78, 5) is 27.4. The van der Waals surface area contributed by atoms with Gasteiger partial charge in [-0.2, -0.15) is 0 Å². The Labute approximate surface area is 265 Å². The Morgan fingerprint density at radius 2 is 1.72 bits per heavy atom. The molecule has 3 bridgehead atoms. The van der Waals surface area contributed by atoms with Gasteiger partial charge in [-0.1, -0.05) is 80.2 Å². The molecule has 6 aliphatic rings. The van der Waals surface area contributed by atoms with E-state index in [1.165, 1.54) is 6.08 Å². The minimum atomic E-state index is -2.43. The summed E-state index contributed by atoms with van der Waals surface area (Å²) >= 11 is 0. The first-order chi connectivity index (χ1) is 21.9. The number of ketones is 1. The molecule has 2 saturated carbocycles. The van der Waals surface area contributed by atoms with Crippen molar-refractivity contribution in [2.45, 2.75) is 73.6 Å².